The van der Waals surface area contributed by atoms with Crippen LogP contribution in [0.5, 0.6) is 11.5 Å². The Morgan fingerprint density at radius 2 is 1.15 bits per heavy atom. The van der Waals surface area contributed by atoms with Gasteiger partial charge in [-0.2, -0.15) is 0 Å². The van der Waals surface area contributed by atoms with Crippen molar-refractivity contribution in [2.45, 2.75) is 19.3 Å². The standard InChI is InChI=1S/C36H35O2P/c1-2-13-30-27-29(22-24-35(30)37)34-26-28(21-23-36(34)38)14-12-25-39(31-15-6-3-7-16-31,32-17-8-4-9-18-32)33-19-10-5-11-20-33/h2-11,15-24,26-27,37-39H,1,12-14,25H2. The molecule has 5 aromatic rings. The second-order valence-corrected chi connectivity index (χ2v) is 14.1. The molecule has 0 bridgehead atoms. The first-order valence-electron chi connectivity index (χ1n) is 13.5. The summed E-state index contributed by atoms with van der Waals surface area (Å²) in [5.41, 5.74) is 3.68. The van der Waals surface area contributed by atoms with Gasteiger partial charge in [0.05, 0.1) is 0 Å². The van der Waals surface area contributed by atoms with E-state index >= 15 is 0 Å². The summed E-state index contributed by atoms with van der Waals surface area (Å²) in [4.78, 5) is 0. The summed E-state index contributed by atoms with van der Waals surface area (Å²) >= 11 is 0. The van der Waals surface area contributed by atoms with Gasteiger partial charge in [0, 0.05) is 0 Å². The summed E-state index contributed by atoms with van der Waals surface area (Å²) in [6, 6.07) is 44.5. The predicted octanol–water partition coefficient (Wildman–Crippen LogP) is 7.15. The molecular formula is C36H35O2P. The van der Waals surface area contributed by atoms with Crippen molar-refractivity contribution in [3.8, 4) is 22.6 Å². The van der Waals surface area contributed by atoms with Crippen molar-refractivity contribution in [2.24, 2.45) is 0 Å². The zero-order valence-corrected chi connectivity index (χ0v) is 23.1. The van der Waals surface area contributed by atoms with Crippen LogP contribution in [0.25, 0.3) is 11.1 Å². The van der Waals surface area contributed by atoms with Gasteiger partial charge in [-0.05, 0) is 0 Å². The molecule has 2 N–H and O–H groups in total. The summed E-state index contributed by atoms with van der Waals surface area (Å²) < 4.78 is 0. The molecule has 0 aromatic heterocycles. The van der Waals surface area contributed by atoms with Crippen LogP contribution < -0.4 is 15.9 Å². The summed E-state index contributed by atoms with van der Waals surface area (Å²) in [6.45, 7) is 3.79. The van der Waals surface area contributed by atoms with Gasteiger partial charge in [-0.3, -0.25) is 0 Å². The number of aryl methyl sites for hydroxylation is 1. The third kappa shape index (κ3) is 5.67. The fourth-order valence-electron chi connectivity index (χ4n) is 5.70. The number of aromatic hydroxyl groups is 2. The van der Waals surface area contributed by atoms with Crippen LogP contribution in [0.3, 0.4) is 0 Å². The predicted molar refractivity (Wildman–Crippen MR) is 169 cm³/mol. The van der Waals surface area contributed by atoms with Crippen molar-refractivity contribution in [3.63, 3.8) is 0 Å². The average Bonchev–Trinajstić information content (AvgIpc) is 2.99. The van der Waals surface area contributed by atoms with Gasteiger partial charge >= 0.3 is 233 Å². The average molecular weight is 531 g/mol. The minimum atomic E-state index is -2.28. The Kier molecular flexibility index (Phi) is 8.25. The van der Waals surface area contributed by atoms with E-state index < -0.39 is 7.26 Å². The zero-order valence-electron chi connectivity index (χ0n) is 22.1. The summed E-state index contributed by atoms with van der Waals surface area (Å²) in [5.74, 6) is 0.494. The molecule has 5 aromatic carbocycles. The van der Waals surface area contributed by atoms with Crippen LogP contribution in [0, 0.1) is 0 Å². The van der Waals surface area contributed by atoms with Crippen LogP contribution in [0.4, 0.5) is 0 Å². The van der Waals surface area contributed by atoms with E-state index in [1.165, 1.54) is 21.5 Å². The molecule has 5 rings (SSSR count). The molecule has 2 nitrogen and oxygen atoms in total. The minimum absolute atomic E-state index is 0.246. The Bertz CT molecular complexity index is 1430. The van der Waals surface area contributed by atoms with Crippen molar-refractivity contribution in [1.29, 1.82) is 0 Å². The molecule has 0 saturated heterocycles. The van der Waals surface area contributed by atoms with E-state index in [4.69, 9.17) is 0 Å². The number of hydrogen-bond donors (Lipinski definition) is 2. The molecule has 39 heavy (non-hydrogen) atoms. The SMILES string of the molecule is C=CCc1cc(-c2cc(CCC[PH](c3ccccc3)(c3ccccc3)c3ccccc3)ccc2O)ccc1O. The van der Waals surface area contributed by atoms with Crippen molar-refractivity contribution in [2.75, 3.05) is 6.16 Å². The van der Waals surface area contributed by atoms with Gasteiger partial charge in [-0.1, -0.05) is 0 Å². The number of hydrogen-bond acceptors (Lipinski definition) is 2. The molecule has 0 fully saturated rings. The van der Waals surface area contributed by atoms with E-state index in [0.29, 0.717) is 6.42 Å². The Labute approximate surface area is 232 Å². The van der Waals surface area contributed by atoms with Crippen molar-refractivity contribution < 1.29 is 10.2 Å². The zero-order chi connectivity index (χ0) is 27.1. The quantitative estimate of drug-likeness (QED) is 0.149. The first-order chi connectivity index (χ1) is 19.1. The van der Waals surface area contributed by atoms with E-state index in [0.717, 1.165) is 35.7 Å². The monoisotopic (exact) mass is 530 g/mol. The fraction of sp³-hybridized carbons (Fsp3) is 0.111. The van der Waals surface area contributed by atoms with Gasteiger partial charge in [-0.25, -0.2) is 0 Å². The molecule has 0 spiro atoms. The summed E-state index contributed by atoms with van der Waals surface area (Å²) in [5, 5.41) is 25.2. The van der Waals surface area contributed by atoms with Crippen LogP contribution in [-0.4, -0.2) is 16.4 Å². The van der Waals surface area contributed by atoms with E-state index in [1.807, 2.05) is 18.2 Å². The third-order valence-corrected chi connectivity index (χ3v) is 12.7. The molecule has 0 aliphatic carbocycles. The van der Waals surface area contributed by atoms with Crippen LogP contribution in [0.15, 0.2) is 140 Å². The van der Waals surface area contributed by atoms with Gasteiger partial charge in [-0.15, -0.1) is 0 Å². The van der Waals surface area contributed by atoms with Gasteiger partial charge in [0.15, 0.2) is 0 Å². The summed E-state index contributed by atoms with van der Waals surface area (Å²) in [6.07, 6.45) is 5.35. The van der Waals surface area contributed by atoms with Crippen LogP contribution >= 0.6 is 7.26 Å². The normalized spacial score (nSPS) is 11.7. The van der Waals surface area contributed by atoms with Gasteiger partial charge in [0.2, 0.25) is 0 Å². The van der Waals surface area contributed by atoms with Gasteiger partial charge in [0.1, 0.15) is 0 Å². The number of rotatable bonds is 10. The van der Waals surface area contributed by atoms with Crippen LogP contribution in [0.2, 0.25) is 0 Å². The van der Waals surface area contributed by atoms with Gasteiger partial charge < -0.3 is 0 Å². The molecule has 0 atom stereocenters. The molecule has 0 radical (unpaired) electrons. The molecule has 0 amide bonds. The number of allylic oxidation sites excluding steroid dienone is 1. The van der Waals surface area contributed by atoms with E-state index in [1.54, 1.807) is 18.2 Å². The number of benzene rings is 5. The molecule has 3 heteroatoms. The first-order valence-corrected chi connectivity index (χ1v) is 15.7. The van der Waals surface area contributed by atoms with E-state index in [9.17, 15) is 10.2 Å². The molecular weight excluding hydrogens is 495 g/mol. The third-order valence-electron chi connectivity index (χ3n) is 7.63. The number of phenolic OH excluding ortho intramolecular Hbond substituents is 2. The second kappa shape index (κ2) is 12.2. The first kappa shape index (κ1) is 26.5. The maximum absolute atomic E-state index is 10.7. The Morgan fingerprint density at radius 1 is 0.615 bits per heavy atom. The number of phenols is 2. The Balaban J connectivity index is 1.48. The van der Waals surface area contributed by atoms with E-state index in [2.05, 4.69) is 104 Å². The van der Waals surface area contributed by atoms with E-state index in [-0.39, 0.29) is 11.5 Å². The molecule has 0 aliphatic heterocycles. The van der Waals surface area contributed by atoms with Crippen molar-refractivity contribution in [1.82, 2.24) is 0 Å². The molecule has 0 heterocycles. The van der Waals surface area contributed by atoms with Crippen molar-refractivity contribution in [3.05, 3.63) is 151 Å². The fourth-order valence-corrected chi connectivity index (χ4v) is 10.6. The summed E-state index contributed by atoms with van der Waals surface area (Å²) in [7, 11) is -2.28. The molecule has 0 saturated carbocycles. The van der Waals surface area contributed by atoms with Crippen molar-refractivity contribution >= 4 is 23.2 Å². The van der Waals surface area contributed by atoms with Crippen LogP contribution in [-0.2, 0) is 12.8 Å². The molecule has 0 aliphatic rings. The molecule has 0 unspecified atom stereocenters. The topological polar surface area (TPSA) is 40.5 Å². The molecule has 196 valence electrons. The van der Waals surface area contributed by atoms with Gasteiger partial charge in [0.25, 0.3) is 0 Å². The van der Waals surface area contributed by atoms with Crippen LogP contribution in [0.1, 0.15) is 17.5 Å². The maximum atomic E-state index is 10.7. The Morgan fingerprint density at radius 3 is 1.69 bits per heavy atom. The second-order valence-electron chi connectivity index (χ2n) is 10.0. The Hall–Kier alpha value is -4.13.